The molecule has 0 saturated carbocycles. The van der Waals surface area contributed by atoms with Crippen molar-refractivity contribution >= 4 is 12.0 Å². The van der Waals surface area contributed by atoms with Crippen LogP contribution in [-0.2, 0) is 4.74 Å². The van der Waals surface area contributed by atoms with Gasteiger partial charge in [-0.3, -0.25) is 4.79 Å². The van der Waals surface area contributed by atoms with Crippen molar-refractivity contribution in [2.75, 3.05) is 44.7 Å². The summed E-state index contributed by atoms with van der Waals surface area (Å²) >= 11 is 0. The number of rotatable bonds is 6. The summed E-state index contributed by atoms with van der Waals surface area (Å²) in [5.41, 5.74) is 3.37. The molecule has 5 atom stereocenters. The topological polar surface area (TPSA) is 123 Å². The molecule has 2 aromatic carbocycles. The van der Waals surface area contributed by atoms with Crippen LogP contribution >= 0.6 is 0 Å². The van der Waals surface area contributed by atoms with Crippen LogP contribution in [0.1, 0.15) is 10.4 Å². The zero-order chi connectivity index (χ0) is 23.5. The minimum absolute atomic E-state index is 0.385. The molecule has 2 aliphatic rings. The van der Waals surface area contributed by atoms with Crippen molar-refractivity contribution in [3.8, 4) is 16.9 Å². The number of carbonyl (C=O) groups excluding carboxylic acids is 1. The lowest BCUT2D eigenvalue weighted by Crippen LogP contribution is -2.60. The van der Waals surface area contributed by atoms with Crippen molar-refractivity contribution < 1.29 is 34.7 Å². The summed E-state index contributed by atoms with van der Waals surface area (Å²) in [5, 5.41) is 39.4. The second kappa shape index (κ2) is 10.2. The van der Waals surface area contributed by atoms with E-state index < -0.39 is 37.3 Å². The summed E-state index contributed by atoms with van der Waals surface area (Å²) in [7, 11) is 2.08. The third kappa shape index (κ3) is 4.89. The van der Waals surface area contributed by atoms with E-state index in [2.05, 4.69) is 16.8 Å². The minimum atomic E-state index is -1.50. The van der Waals surface area contributed by atoms with Crippen LogP contribution in [0.5, 0.6) is 5.75 Å². The van der Waals surface area contributed by atoms with E-state index in [1.807, 2.05) is 30.3 Å². The van der Waals surface area contributed by atoms with Crippen molar-refractivity contribution in [2.45, 2.75) is 30.7 Å². The van der Waals surface area contributed by atoms with Gasteiger partial charge in [-0.1, -0.05) is 24.3 Å². The van der Waals surface area contributed by atoms with E-state index in [9.17, 15) is 25.2 Å². The Morgan fingerprint density at radius 2 is 1.70 bits per heavy atom. The number of anilines is 1. The molecule has 5 unspecified atom stereocenters. The largest absolute Gasteiger partial charge is 0.462 e. The van der Waals surface area contributed by atoms with Gasteiger partial charge in [0.2, 0.25) is 6.29 Å². The first-order valence-electron chi connectivity index (χ1n) is 11.0. The van der Waals surface area contributed by atoms with Crippen LogP contribution < -0.4 is 9.64 Å². The Morgan fingerprint density at radius 3 is 2.33 bits per heavy atom. The fourth-order valence-electron chi connectivity index (χ4n) is 4.28. The Bertz CT molecular complexity index is 944. The molecule has 0 spiro atoms. The van der Waals surface area contributed by atoms with Crippen LogP contribution in [0.4, 0.5) is 5.69 Å². The predicted octanol–water partition coefficient (Wildman–Crippen LogP) is 0.0966. The average molecular weight is 459 g/mol. The molecule has 0 amide bonds. The number of nitrogens with zero attached hydrogens (tertiary/aromatic N) is 2. The average Bonchev–Trinajstić information content (AvgIpc) is 2.85. The van der Waals surface area contributed by atoms with Crippen LogP contribution in [0.15, 0.2) is 42.5 Å². The first-order valence-corrected chi connectivity index (χ1v) is 11.0. The van der Waals surface area contributed by atoms with E-state index in [1.54, 1.807) is 12.1 Å². The van der Waals surface area contributed by atoms with Gasteiger partial charge in [0, 0.05) is 37.3 Å². The maximum atomic E-state index is 11.8. The van der Waals surface area contributed by atoms with Gasteiger partial charge in [-0.2, -0.15) is 0 Å². The van der Waals surface area contributed by atoms with Crippen LogP contribution in [0.2, 0.25) is 0 Å². The molecule has 33 heavy (non-hydrogen) atoms. The van der Waals surface area contributed by atoms with E-state index in [4.69, 9.17) is 9.47 Å². The molecule has 4 rings (SSSR count). The molecule has 2 aliphatic heterocycles. The lowest BCUT2D eigenvalue weighted by atomic mass is 9.98. The van der Waals surface area contributed by atoms with Gasteiger partial charge in [-0.25, -0.2) is 0 Å². The first kappa shape index (κ1) is 23.6. The van der Waals surface area contributed by atoms with E-state index >= 15 is 0 Å². The molecule has 2 heterocycles. The maximum Gasteiger partial charge on any atom is 0.229 e. The molecule has 2 saturated heterocycles. The second-order valence-electron chi connectivity index (χ2n) is 8.49. The van der Waals surface area contributed by atoms with E-state index in [1.165, 1.54) is 0 Å². The molecular weight excluding hydrogens is 428 g/mol. The smallest absolute Gasteiger partial charge is 0.229 e. The number of carbonyl (C=O) groups is 1. The third-order valence-electron chi connectivity index (χ3n) is 6.28. The van der Waals surface area contributed by atoms with Gasteiger partial charge < -0.3 is 39.7 Å². The zero-order valence-corrected chi connectivity index (χ0v) is 18.4. The number of aliphatic hydroxyl groups is 4. The quantitative estimate of drug-likeness (QED) is 0.446. The number of para-hydroxylation sites is 1. The number of hydrogen-bond donors (Lipinski definition) is 4. The first-order chi connectivity index (χ1) is 15.9. The number of aliphatic hydroxyl groups excluding tert-OH is 4. The molecule has 9 nitrogen and oxygen atoms in total. The van der Waals surface area contributed by atoms with Crippen LogP contribution in [0.3, 0.4) is 0 Å². The van der Waals surface area contributed by atoms with Crippen molar-refractivity contribution in [1.29, 1.82) is 0 Å². The zero-order valence-electron chi connectivity index (χ0n) is 18.4. The van der Waals surface area contributed by atoms with Crippen LogP contribution in [-0.4, -0.2) is 102 Å². The highest BCUT2D eigenvalue weighted by molar-refractivity contribution is 5.93. The van der Waals surface area contributed by atoms with Crippen molar-refractivity contribution in [2.24, 2.45) is 0 Å². The van der Waals surface area contributed by atoms with Gasteiger partial charge in [0.15, 0.2) is 6.29 Å². The molecule has 2 fully saturated rings. The van der Waals surface area contributed by atoms with Gasteiger partial charge >= 0.3 is 0 Å². The van der Waals surface area contributed by atoms with E-state index in [0.717, 1.165) is 49.3 Å². The van der Waals surface area contributed by atoms with Gasteiger partial charge in [-0.15, -0.1) is 0 Å². The molecule has 0 aromatic heterocycles. The van der Waals surface area contributed by atoms with Gasteiger partial charge in [-0.05, 0) is 30.8 Å². The number of piperazine rings is 1. The number of likely N-dealkylation sites (N-methyl/N-ethyl adjacent to an activating group) is 1. The van der Waals surface area contributed by atoms with E-state index in [-0.39, 0.29) is 0 Å². The van der Waals surface area contributed by atoms with E-state index in [0.29, 0.717) is 11.3 Å². The van der Waals surface area contributed by atoms with Crippen LogP contribution in [0.25, 0.3) is 11.1 Å². The van der Waals surface area contributed by atoms with Crippen molar-refractivity contribution in [3.05, 3.63) is 48.0 Å². The Kier molecular flexibility index (Phi) is 7.28. The number of ether oxygens (including phenoxy) is 2. The van der Waals surface area contributed by atoms with Gasteiger partial charge in [0.1, 0.15) is 30.2 Å². The minimum Gasteiger partial charge on any atom is -0.462 e. The standard InChI is InChI=1S/C24H30N2O7/c1-25-9-11-26(12-10-25)20-16(13-27)3-2-4-18(20)15-5-7-17(8-6-15)32-24-23(31)22(30)21(29)19(14-28)33-24/h2-8,13,19,21-24,28-31H,9-12,14H2,1H3. The fraction of sp³-hybridized carbons (Fsp3) is 0.458. The molecular formula is C24H30N2O7. The Hall–Kier alpha value is -2.53. The van der Waals surface area contributed by atoms with Gasteiger partial charge in [0.05, 0.1) is 12.3 Å². The molecule has 9 heteroatoms. The highest BCUT2D eigenvalue weighted by Crippen LogP contribution is 2.35. The van der Waals surface area contributed by atoms with Crippen molar-refractivity contribution in [1.82, 2.24) is 4.90 Å². The summed E-state index contributed by atoms with van der Waals surface area (Å²) in [6.07, 6.45) is -5.82. The second-order valence-corrected chi connectivity index (χ2v) is 8.49. The summed E-state index contributed by atoms with van der Waals surface area (Å²) in [5.74, 6) is 0.385. The Morgan fingerprint density at radius 1 is 1.00 bits per heavy atom. The molecule has 2 aromatic rings. The Balaban J connectivity index is 1.56. The molecule has 0 radical (unpaired) electrons. The highest BCUT2D eigenvalue weighted by atomic mass is 16.7. The van der Waals surface area contributed by atoms with Crippen LogP contribution in [0, 0.1) is 0 Å². The summed E-state index contributed by atoms with van der Waals surface area (Å²) < 4.78 is 11.1. The number of benzene rings is 2. The fourth-order valence-corrected chi connectivity index (χ4v) is 4.28. The normalized spacial score (nSPS) is 28.5. The Labute approximate surface area is 192 Å². The summed E-state index contributed by atoms with van der Waals surface area (Å²) in [4.78, 5) is 16.3. The highest BCUT2D eigenvalue weighted by Gasteiger charge is 2.44. The SMILES string of the molecule is CN1CCN(c2c(C=O)cccc2-c2ccc(OC3OC(CO)C(O)C(O)C3O)cc2)CC1. The third-order valence-corrected chi connectivity index (χ3v) is 6.28. The predicted molar refractivity (Wildman–Crippen MR) is 121 cm³/mol. The summed E-state index contributed by atoms with van der Waals surface area (Å²) in [6.45, 7) is 2.96. The lowest BCUT2D eigenvalue weighted by molar-refractivity contribution is -0.277. The molecule has 0 aliphatic carbocycles. The molecule has 0 bridgehead atoms. The molecule has 178 valence electrons. The lowest BCUT2D eigenvalue weighted by Gasteiger charge is -2.39. The number of hydrogen-bond acceptors (Lipinski definition) is 9. The van der Waals surface area contributed by atoms with Gasteiger partial charge in [0.25, 0.3) is 0 Å². The maximum absolute atomic E-state index is 11.8. The van der Waals surface area contributed by atoms with Crippen molar-refractivity contribution in [3.63, 3.8) is 0 Å². The molecule has 4 N–H and O–H groups in total. The summed E-state index contributed by atoms with van der Waals surface area (Å²) in [6, 6.07) is 12.8. The number of aldehydes is 1. The monoisotopic (exact) mass is 458 g/mol.